The zero-order valence-corrected chi connectivity index (χ0v) is 18.8. The van der Waals surface area contributed by atoms with Crippen LogP contribution >= 0.6 is 23.1 Å². The molecule has 0 spiro atoms. The van der Waals surface area contributed by atoms with E-state index < -0.39 is 0 Å². The molecule has 0 fully saturated rings. The number of ether oxygens (including phenoxy) is 1. The molecule has 6 nitrogen and oxygen atoms in total. The van der Waals surface area contributed by atoms with Gasteiger partial charge in [0.05, 0.1) is 12.4 Å². The number of hydrogen-bond donors (Lipinski definition) is 1. The third-order valence-electron chi connectivity index (χ3n) is 4.22. The van der Waals surface area contributed by atoms with E-state index in [0.29, 0.717) is 6.61 Å². The van der Waals surface area contributed by atoms with Crippen LogP contribution in [-0.4, -0.2) is 33.0 Å². The van der Waals surface area contributed by atoms with Gasteiger partial charge in [-0.3, -0.25) is 9.36 Å². The van der Waals surface area contributed by atoms with E-state index in [1.165, 1.54) is 16.6 Å². The van der Waals surface area contributed by atoms with Gasteiger partial charge in [0.1, 0.15) is 5.75 Å². The molecule has 0 saturated heterocycles. The lowest BCUT2D eigenvalue weighted by molar-refractivity contribution is -0.113. The molecule has 3 rings (SSSR count). The van der Waals surface area contributed by atoms with Crippen molar-refractivity contribution < 1.29 is 9.53 Å². The number of carbonyl (C=O) groups is 1. The van der Waals surface area contributed by atoms with Gasteiger partial charge in [-0.05, 0) is 57.5 Å². The zero-order valence-electron chi connectivity index (χ0n) is 17.1. The number of anilines is 1. The van der Waals surface area contributed by atoms with Gasteiger partial charge in [-0.2, -0.15) is 0 Å². The fourth-order valence-electron chi connectivity index (χ4n) is 2.85. The summed E-state index contributed by atoms with van der Waals surface area (Å²) in [6.45, 7) is 8.91. The molecule has 0 saturated carbocycles. The number of nitrogens with zero attached hydrogens (tertiary/aromatic N) is 3. The summed E-state index contributed by atoms with van der Waals surface area (Å²) < 4.78 is 7.51. The largest absolute Gasteiger partial charge is 0.494 e. The lowest BCUT2D eigenvalue weighted by Crippen LogP contribution is -2.15. The first-order valence-electron chi connectivity index (χ1n) is 9.70. The standard InChI is InChI=1S/C21H26N4O2S2/c1-5-18-11-15(12-28-18)20-23-24-21(25(20)14(3)4)29-13-19(26)22-16-7-9-17(10-8-16)27-6-2/h7-12,14H,5-6,13H2,1-4H3,(H,22,26). The topological polar surface area (TPSA) is 69.0 Å². The molecular formula is C21H26N4O2S2. The van der Waals surface area contributed by atoms with Crippen molar-refractivity contribution in [2.24, 2.45) is 0 Å². The fourth-order valence-corrected chi connectivity index (χ4v) is 4.53. The van der Waals surface area contributed by atoms with Crippen molar-refractivity contribution in [3.63, 3.8) is 0 Å². The van der Waals surface area contributed by atoms with Crippen molar-refractivity contribution in [3.8, 4) is 17.1 Å². The first-order chi connectivity index (χ1) is 14.0. The first kappa shape index (κ1) is 21.4. The van der Waals surface area contributed by atoms with Crippen LogP contribution in [0.25, 0.3) is 11.4 Å². The van der Waals surface area contributed by atoms with Gasteiger partial charge in [0.25, 0.3) is 0 Å². The Kier molecular flexibility index (Phi) is 7.33. The summed E-state index contributed by atoms with van der Waals surface area (Å²) in [5, 5.41) is 14.5. The van der Waals surface area contributed by atoms with E-state index in [4.69, 9.17) is 4.74 Å². The summed E-state index contributed by atoms with van der Waals surface area (Å²) >= 11 is 3.13. The zero-order chi connectivity index (χ0) is 20.8. The Morgan fingerprint density at radius 3 is 2.62 bits per heavy atom. The Hall–Kier alpha value is -2.32. The second-order valence-electron chi connectivity index (χ2n) is 6.72. The minimum Gasteiger partial charge on any atom is -0.494 e. The predicted molar refractivity (Wildman–Crippen MR) is 120 cm³/mol. The molecule has 2 aromatic heterocycles. The van der Waals surface area contributed by atoms with Crippen molar-refractivity contribution in [2.45, 2.75) is 45.3 Å². The van der Waals surface area contributed by atoms with E-state index in [-0.39, 0.29) is 17.7 Å². The number of thiophene rings is 1. The van der Waals surface area contributed by atoms with Crippen molar-refractivity contribution in [3.05, 3.63) is 40.6 Å². The summed E-state index contributed by atoms with van der Waals surface area (Å²) in [4.78, 5) is 13.7. The SMILES string of the molecule is CCOc1ccc(NC(=O)CSc2nnc(-c3csc(CC)c3)n2C(C)C)cc1. The maximum Gasteiger partial charge on any atom is 0.234 e. The van der Waals surface area contributed by atoms with Crippen LogP contribution in [0.3, 0.4) is 0 Å². The quantitative estimate of drug-likeness (QED) is 0.468. The average Bonchev–Trinajstić information content (AvgIpc) is 3.34. The molecule has 0 aliphatic heterocycles. The number of amides is 1. The van der Waals surface area contributed by atoms with Gasteiger partial charge in [0, 0.05) is 27.5 Å². The highest BCUT2D eigenvalue weighted by Gasteiger charge is 2.18. The summed E-state index contributed by atoms with van der Waals surface area (Å²) in [5.41, 5.74) is 1.83. The highest BCUT2D eigenvalue weighted by atomic mass is 32.2. The van der Waals surface area contributed by atoms with Gasteiger partial charge >= 0.3 is 0 Å². The van der Waals surface area contributed by atoms with Crippen LogP contribution in [0.15, 0.2) is 40.9 Å². The molecule has 8 heteroatoms. The number of carbonyl (C=O) groups excluding carboxylic acids is 1. The second kappa shape index (κ2) is 9.93. The molecule has 1 N–H and O–H groups in total. The monoisotopic (exact) mass is 430 g/mol. The summed E-state index contributed by atoms with van der Waals surface area (Å²) in [7, 11) is 0. The van der Waals surface area contributed by atoms with Crippen LogP contribution in [0, 0.1) is 0 Å². The summed E-state index contributed by atoms with van der Waals surface area (Å²) in [6.07, 6.45) is 1.01. The Morgan fingerprint density at radius 1 is 1.24 bits per heavy atom. The Bertz CT molecular complexity index is 948. The molecule has 2 heterocycles. The maximum atomic E-state index is 12.4. The third-order valence-corrected chi connectivity index (χ3v) is 6.25. The van der Waals surface area contributed by atoms with E-state index in [0.717, 1.165) is 34.4 Å². The molecule has 154 valence electrons. The Labute approximate surface area is 179 Å². The normalized spacial score (nSPS) is 11.1. The molecule has 3 aromatic rings. The lowest BCUT2D eigenvalue weighted by Gasteiger charge is -2.13. The van der Waals surface area contributed by atoms with Crippen molar-refractivity contribution >= 4 is 34.7 Å². The minimum absolute atomic E-state index is 0.0807. The number of hydrogen-bond acceptors (Lipinski definition) is 6. The Morgan fingerprint density at radius 2 is 2.00 bits per heavy atom. The number of aromatic nitrogens is 3. The highest BCUT2D eigenvalue weighted by molar-refractivity contribution is 7.99. The van der Waals surface area contributed by atoms with Crippen LogP contribution in [0.2, 0.25) is 0 Å². The van der Waals surface area contributed by atoms with E-state index >= 15 is 0 Å². The Balaban J connectivity index is 1.66. The summed E-state index contributed by atoms with van der Waals surface area (Å²) in [5.74, 6) is 1.83. The van der Waals surface area contributed by atoms with Gasteiger partial charge < -0.3 is 10.1 Å². The van der Waals surface area contributed by atoms with Crippen molar-refractivity contribution in [1.29, 1.82) is 0 Å². The second-order valence-corrected chi connectivity index (χ2v) is 8.66. The van der Waals surface area contributed by atoms with E-state index in [1.807, 2.05) is 31.2 Å². The van der Waals surface area contributed by atoms with Crippen LogP contribution in [0.5, 0.6) is 5.75 Å². The number of rotatable bonds is 9. The highest BCUT2D eigenvalue weighted by Crippen LogP contribution is 2.30. The molecule has 0 atom stereocenters. The average molecular weight is 431 g/mol. The van der Waals surface area contributed by atoms with Crippen molar-refractivity contribution in [2.75, 3.05) is 17.7 Å². The van der Waals surface area contributed by atoms with Crippen LogP contribution in [0.4, 0.5) is 5.69 Å². The van der Waals surface area contributed by atoms with Gasteiger partial charge in [-0.1, -0.05) is 18.7 Å². The third kappa shape index (κ3) is 5.39. The smallest absolute Gasteiger partial charge is 0.234 e. The van der Waals surface area contributed by atoms with Crippen LogP contribution in [0.1, 0.15) is 38.6 Å². The van der Waals surface area contributed by atoms with Crippen LogP contribution < -0.4 is 10.1 Å². The number of nitrogens with one attached hydrogen (secondary N) is 1. The summed E-state index contributed by atoms with van der Waals surface area (Å²) in [6, 6.07) is 9.73. The van der Waals surface area contributed by atoms with Crippen LogP contribution in [-0.2, 0) is 11.2 Å². The van der Waals surface area contributed by atoms with E-state index in [9.17, 15) is 4.79 Å². The fraction of sp³-hybridized carbons (Fsp3) is 0.381. The van der Waals surface area contributed by atoms with Crippen molar-refractivity contribution in [1.82, 2.24) is 14.8 Å². The molecular weight excluding hydrogens is 404 g/mol. The van der Waals surface area contributed by atoms with Gasteiger partial charge in [-0.25, -0.2) is 0 Å². The number of benzene rings is 1. The number of aryl methyl sites for hydroxylation is 1. The maximum absolute atomic E-state index is 12.4. The van der Waals surface area contributed by atoms with E-state index in [1.54, 1.807) is 11.3 Å². The molecule has 0 aliphatic rings. The molecule has 0 unspecified atom stereocenters. The molecule has 0 bridgehead atoms. The van der Waals surface area contributed by atoms with Gasteiger partial charge in [-0.15, -0.1) is 21.5 Å². The first-order valence-corrected chi connectivity index (χ1v) is 11.6. The number of thioether (sulfide) groups is 1. The molecule has 1 aromatic carbocycles. The van der Waals surface area contributed by atoms with E-state index in [2.05, 4.69) is 52.3 Å². The molecule has 29 heavy (non-hydrogen) atoms. The predicted octanol–water partition coefficient (Wildman–Crippen LogP) is 5.28. The van der Waals surface area contributed by atoms with Gasteiger partial charge in [0.2, 0.25) is 5.91 Å². The molecule has 1 amide bonds. The lowest BCUT2D eigenvalue weighted by atomic mass is 10.2. The minimum atomic E-state index is -0.0807. The molecule has 0 radical (unpaired) electrons. The van der Waals surface area contributed by atoms with Gasteiger partial charge in [0.15, 0.2) is 11.0 Å². The molecule has 0 aliphatic carbocycles.